The maximum Gasteiger partial charge on any atom is 1.00 e. The summed E-state index contributed by atoms with van der Waals surface area (Å²) in [5.41, 5.74) is 5.63. The Bertz CT molecular complexity index is 229. The van der Waals surface area contributed by atoms with Gasteiger partial charge in [-0.2, -0.15) is 0 Å². The molecule has 2 nitrogen and oxygen atoms in total. The fraction of sp³-hybridized carbons (Fsp3) is 0. The van der Waals surface area contributed by atoms with Crippen molar-refractivity contribution < 1.29 is 34.7 Å². The fourth-order valence-corrected chi connectivity index (χ4v) is 0.639. The second-order valence-electron chi connectivity index (χ2n) is 1.68. The molecule has 0 heterocycles. The Labute approximate surface area is 86.3 Å². The predicted molar refractivity (Wildman–Crippen MR) is 35.3 cm³/mol. The van der Waals surface area contributed by atoms with Gasteiger partial charge in [0.15, 0.2) is 0 Å². The maximum absolute atomic E-state index is 10.5. The number of nitrogen functional groups attached to an aromatic ring is 1. The average Bonchev–Trinajstić information content (AvgIpc) is 1.80. The average molecular weight is 166 g/mol. The van der Waals surface area contributed by atoms with Gasteiger partial charge in [0.25, 0.3) is 0 Å². The quantitative estimate of drug-likeness (QED) is 0.357. The van der Waals surface area contributed by atoms with Crippen molar-refractivity contribution in [3.8, 4) is 5.75 Å². The molecule has 10 heavy (non-hydrogen) atoms. The third-order valence-corrected chi connectivity index (χ3v) is 1.31. The number of anilines is 1. The van der Waals surface area contributed by atoms with Gasteiger partial charge in [-0.3, -0.25) is 0 Å². The Kier molecular flexibility index (Phi) is 4.13. The molecule has 0 aliphatic heterocycles. The number of halogens is 1. The van der Waals surface area contributed by atoms with Crippen LogP contribution in [0.2, 0.25) is 5.02 Å². The molecule has 4 heteroatoms. The maximum atomic E-state index is 10.5. The molecular weight excluding hydrogens is 161 g/mol. The normalized spacial score (nSPS) is 8.50. The Hall–Kier alpha value is 0.110. The summed E-state index contributed by atoms with van der Waals surface area (Å²) < 4.78 is 0. The summed E-state index contributed by atoms with van der Waals surface area (Å²) in [5, 5.41) is 10.9. The van der Waals surface area contributed by atoms with Crippen molar-refractivity contribution in [2.75, 3.05) is 5.73 Å². The van der Waals surface area contributed by atoms with E-state index in [4.69, 9.17) is 17.3 Å². The Morgan fingerprint density at radius 1 is 1.40 bits per heavy atom. The van der Waals surface area contributed by atoms with Gasteiger partial charge in [0.2, 0.25) is 0 Å². The van der Waals surface area contributed by atoms with Crippen LogP contribution in [-0.4, -0.2) is 0 Å². The molecule has 0 saturated heterocycles. The first kappa shape index (κ1) is 10.1. The monoisotopic (exact) mass is 165 g/mol. The first-order chi connectivity index (χ1) is 4.20. The molecule has 0 aliphatic rings. The van der Waals surface area contributed by atoms with Gasteiger partial charge in [0.1, 0.15) is 0 Å². The molecule has 48 valence electrons. The van der Waals surface area contributed by atoms with Gasteiger partial charge in [-0.25, -0.2) is 0 Å². The molecule has 0 bridgehead atoms. The van der Waals surface area contributed by atoms with Crippen LogP contribution in [0.1, 0.15) is 0 Å². The third-order valence-electron chi connectivity index (χ3n) is 0.967. The van der Waals surface area contributed by atoms with Gasteiger partial charge in [-0.15, -0.1) is 5.75 Å². The number of rotatable bonds is 0. The van der Waals surface area contributed by atoms with E-state index in [9.17, 15) is 5.11 Å². The Morgan fingerprint density at radius 2 is 2.00 bits per heavy atom. The number of hydrogen-bond donors (Lipinski definition) is 1. The molecule has 1 rings (SSSR count). The van der Waals surface area contributed by atoms with Crippen molar-refractivity contribution in [2.24, 2.45) is 0 Å². The standard InChI is InChI=1S/C6H6ClNO.Na/c7-5-2-1-4(9)3-6(5)8;/h1-3,9H,8H2;/q;+1/p-1. The molecule has 0 unspecified atom stereocenters. The molecule has 0 aliphatic carbocycles. The van der Waals surface area contributed by atoms with E-state index in [-0.39, 0.29) is 35.3 Å². The van der Waals surface area contributed by atoms with E-state index in [1.54, 1.807) is 0 Å². The van der Waals surface area contributed by atoms with E-state index in [1.807, 2.05) is 0 Å². The first-order valence-electron chi connectivity index (χ1n) is 2.42. The molecule has 0 radical (unpaired) electrons. The van der Waals surface area contributed by atoms with Gasteiger partial charge in [0, 0.05) is 5.69 Å². The van der Waals surface area contributed by atoms with Crippen LogP contribution in [-0.2, 0) is 0 Å². The van der Waals surface area contributed by atoms with Crippen LogP contribution >= 0.6 is 11.6 Å². The fourth-order valence-electron chi connectivity index (χ4n) is 0.522. The molecular formula is C6H5ClNNaO. The number of hydrogen-bond acceptors (Lipinski definition) is 2. The van der Waals surface area contributed by atoms with Crippen LogP contribution in [0.15, 0.2) is 18.2 Å². The topological polar surface area (TPSA) is 49.1 Å². The summed E-state index contributed by atoms with van der Waals surface area (Å²) in [6.07, 6.45) is 0. The SMILES string of the molecule is Nc1cc([O-])ccc1Cl.[Na+]. The minimum atomic E-state index is -0.114. The summed E-state index contributed by atoms with van der Waals surface area (Å²) in [7, 11) is 0. The molecule has 0 saturated carbocycles. The van der Waals surface area contributed by atoms with Crippen LogP contribution in [0.3, 0.4) is 0 Å². The van der Waals surface area contributed by atoms with Crippen LogP contribution in [0.25, 0.3) is 0 Å². The smallest absolute Gasteiger partial charge is 0.872 e. The molecule has 0 aromatic heterocycles. The summed E-state index contributed by atoms with van der Waals surface area (Å²) in [4.78, 5) is 0. The van der Waals surface area contributed by atoms with Crippen LogP contribution < -0.4 is 40.4 Å². The zero-order chi connectivity index (χ0) is 6.85. The van der Waals surface area contributed by atoms with E-state index in [0.29, 0.717) is 10.7 Å². The van der Waals surface area contributed by atoms with Gasteiger partial charge in [-0.1, -0.05) is 17.7 Å². The van der Waals surface area contributed by atoms with Crippen molar-refractivity contribution in [1.82, 2.24) is 0 Å². The summed E-state index contributed by atoms with van der Waals surface area (Å²) >= 11 is 5.52. The number of benzene rings is 1. The zero-order valence-corrected chi connectivity index (χ0v) is 8.35. The van der Waals surface area contributed by atoms with Gasteiger partial charge < -0.3 is 10.8 Å². The largest absolute Gasteiger partial charge is 1.00 e. The Morgan fingerprint density at radius 3 is 2.40 bits per heavy atom. The zero-order valence-electron chi connectivity index (χ0n) is 5.60. The van der Waals surface area contributed by atoms with Crippen LogP contribution in [0, 0.1) is 0 Å². The minimum Gasteiger partial charge on any atom is -0.872 e. The van der Waals surface area contributed by atoms with E-state index in [1.165, 1.54) is 18.2 Å². The Balaban J connectivity index is 0.000000810. The van der Waals surface area contributed by atoms with E-state index < -0.39 is 0 Å². The summed E-state index contributed by atoms with van der Waals surface area (Å²) in [5.74, 6) is -0.114. The van der Waals surface area contributed by atoms with Crippen LogP contribution in [0.5, 0.6) is 5.75 Å². The van der Waals surface area contributed by atoms with Crippen molar-refractivity contribution in [3.05, 3.63) is 23.2 Å². The minimum absolute atomic E-state index is 0. The van der Waals surface area contributed by atoms with Crippen molar-refractivity contribution in [1.29, 1.82) is 0 Å². The van der Waals surface area contributed by atoms with Crippen molar-refractivity contribution in [3.63, 3.8) is 0 Å². The molecule has 1 aromatic rings. The predicted octanol–water partition coefficient (Wildman–Crippen LogP) is -2.00. The molecule has 0 atom stereocenters. The third kappa shape index (κ3) is 2.39. The second kappa shape index (κ2) is 4.09. The molecule has 2 N–H and O–H groups in total. The van der Waals surface area contributed by atoms with Gasteiger partial charge >= 0.3 is 29.6 Å². The molecule has 0 spiro atoms. The summed E-state index contributed by atoms with van der Waals surface area (Å²) in [6, 6.07) is 4.15. The van der Waals surface area contributed by atoms with Gasteiger partial charge in [0.05, 0.1) is 5.02 Å². The van der Waals surface area contributed by atoms with Crippen molar-refractivity contribution in [2.45, 2.75) is 0 Å². The first-order valence-corrected chi connectivity index (χ1v) is 2.80. The molecule has 0 amide bonds. The molecule has 0 fully saturated rings. The van der Waals surface area contributed by atoms with E-state index in [0.717, 1.165) is 0 Å². The second-order valence-corrected chi connectivity index (χ2v) is 2.09. The van der Waals surface area contributed by atoms with Crippen LogP contribution in [0.4, 0.5) is 5.69 Å². The summed E-state index contributed by atoms with van der Waals surface area (Å²) in [6.45, 7) is 0. The molecule has 1 aromatic carbocycles. The van der Waals surface area contributed by atoms with E-state index >= 15 is 0 Å². The van der Waals surface area contributed by atoms with Crippen molar-refractivity contribution >= 4 is 17.3 Å². The van der Waals surface area contributed by atoms with Gasteiger partial charge in [-0.05, 0) is 12.1 Å². The van der Waals surface area contributed by atoms with E-state index in [2.05, 4.69) is 0 Å². The number of nitrogens with two attached hydrogens (primary N) is 1.